The standard InChI is InChI=1S/C22H24N6O2/c1-23-21-20-22(25-13-24-21)28(14-26-20)19-11-27(10-17(12-29)30-19)9-16-7-4-6-15-5-2-3-8-18(15)16/h2-8,13-14,17,19,29H,9-12H2,1H3,(H,23,24,25)/t17-,19+/m0/s1. The van der Waals surface area contributed by atoms with Crippen LogP contribution in [-0.2, 0) is 11.3 Å². The predicted octanol–water partition coefficient (Wildman–Crippen LogP) is 2.41. The van der Waals surface area contributed by atoms with Gasteiger partial charge in [0.2, 0.25) is 0 Å². The SMILES string of the molecule is CNc1ncnc2c1ncn2[C@H]1CN(Cc2cccc3ccccc23)C[C@@H](CO)O1. The molecule has 1 fully saturated rings. The van der Waals surface area contributed by atoms with Gasteiger partial charge in [-0.15, -0.1) is 0 Å². The fourth-order valence-electron chi connectivity index (χ4n) is 4.19. The highest BCUT2D eigenvalue weighted by Crippen LogP contribution is 2.27. The lowest BCUT2D eigenvalue weighted by atomic mass is 10.0. The van der Waals surface area contributed by atoms with E-state index in [2.05, 4.69) is 67.6 Å². The van der Waals surface area contributed by atoms with Crippen LogP contribution in [0.5, 0.6) is 0 Å². The summed E-state index contributed by atoms with van der Waals surface area (Å²) in [4.78, 5) is 15.4. The highest BCUT2D eigenvalue weighted by atomic mass is 16.5. The van der Waals surface area contributed by atoms with Gasteiger partial charge in [-0.1, -0.05) is 42.5 Å². The van der Waals surface area contributed by atoms with Gasteiger partial charge >= 0.3 is 0 Å². The molecule has 0 aliphatic carbocycles. The summed E-state index contributed by atoms with van der Waals surface area (Å²) in [5.74, 6) is 0.681. The average Bonchev–Trinajstić information content (AvgIpc) is 3.23. The van der Waals surface area contributed by atoms with Gasteiger partial charge in [0, 0.05) is 26.7 Å². The number of aliphatic hydroxyl groups excluding tert-OH is 1. The number of nitrogens with zero attached hydrogens (tertiary/aromatic N) is 5. The van der Waals surface area contributed by atoms with Gasteiger partial charge < -0.3 is 15.2 Å². The number of imidazole rings is 1. The quantitative estimate of drug-likeness (QED) is 0.528. The number of hydrogen-bond acceptors (Lipinski definition) is 7. The Hall–Kier alpha value is -3.07. The van der Waals surface area contributed by atoms with Gasteiger partial charge in [0.05, 0.1) is 19.0 Å². The van der Waals surface area contributed by atoms with Crippen LogP contribution in [0.15, 0.2) is 55.1 Å². The molecule has 2 aromatic heterocycles. The summed E-state index contributed by atoms with van der Waals surface area (Å²) in [6.07, 6.45) is 2.69. The van der Waals surface area contributed by atoms with Crippen LogP contribution in [0.1, 0.15) is 11.8 Å². The van der Waals surface area contributed by atoms with Crippen LogP contribution in [0.3, 0.4) is 0 Å². The second kappa shape index (κ2) is 7.98. The Labute approximate surface area is 174 Å². The molecule has 1 aliphatic rings. The normalized spacial score (nSPS) is 20.1. The summed E-state index contributed by atoms with van der Waals surface area (Å²) in [7, 11) is 1.81. The zero-order chi connectivity index (χ0) is 20.5. The van der Waals surface area contributed by atoms with E-state index >= 15 is 0 Å². The molecule has 2 atom stereocenters. The molecule has 0 bridgehead atoms. The highest BCUT2D eigenvalue weighted by Gasteiger charge is 2.30. The number of nitrogens with one attached hydrogen (secondary N) is 1. The van der Waals surface area contributed by atoms with Crippen molar-refractivity contribution < 1.29 is 9.84 Å². The van der Waals surface area contributed by atoms with E-state index in [1.807, 2.05) is 11.6 Å². The van der Waals surface area contributed by atoms with E-state index in [0.717, 1.165) is 6.54 Å². The molecule has 2 aromatic carbocycles. The van der Waals surface area contributed by atoms with E-state index in [0.29, 0.717) is 30.1 Å². The number of rotatable bonds is 5. The van der Waals surface area contributed by atoms with Crippen molar-refractivity contribution in [3.63, 3.8) is 0 Å². The van der Waals surface area contributed by atoms with Gasteiger partial charge in [-0.25, -0.2) is 15.0 Å². The maximum Gasteiger partial charge on any atom is 0.167 e. The summed E-state index contributed by atoms with van der Waals surface area (Å²) in [6, 6.07) is 14.8. The van der Waals surface area contributed by atoms with Crippen molar-refractivity contribution in [3.8, 4) is 0 Å². The van der Waals surface area contributed by atoms with Gasteiger partial charge in [0.1, 0.15) is 18.1 Å². The van der Waals surface area contributed by atoms with Gasteiger partial charge in [0.25, 0.3) is 0 Å². The lowest BCUT2D eigenvalue weighted by Crippen LogP contribution is -2.46. The fourth-order valence-corrected chi connectivity index (χ4v) is 4.19. The first-order valence-corrected chi connectivity index (χ1v) is 10.1. The van der Waals surface area contributed by atoms with E-state index in [-0.39, 0.29) is 18.9 Å². The molecule has 8 nitrogen and oxygen atoms in total. The smallest absolute Gasteiger partial charge is 0.167 e. The van der Waals surface area contributed by atoms with Crippen molar-refractivity contribution in [1.82, 2.24) is 24.4 Å². The van der Waals surface area contributed by atoms with Crippen LogP contribution < -0.4 is 5.32 Å². The van der Waals surface area contributed by atoms with Crippen molar-refractivity contribution in [3.05, 3.63) is 60.7 Å². The minimum atomic E-state index is -0.296. The third-order valence-corrected chi connectivity index (χ3v) is 5.61. The number of hydrogen-bond donors (Lipinski definition) is 2. The molecule has 1 aliphatic heterocycles. The maximum atomic E-state index is 9.85. The van der Waals surface area contributed by atoms with Crippen molar-refractivity contribution >= 4 is 27.8 Å². The number of ether oxygens (including phenoxy) is 1. The lowest BCUT2D eigenvalue weighted by Gasteiger charge is -2.38. The lowest BCUT2D eigenvalue weighted by molar-refractivity contribution is -0.135. The van der Waals surface area contributed by atoms with E-state index in [9.17, 15) is 5.11 Å². The zero-order valence-electron chi connectivity index (χ0n) is 16.8. The monoisotopic (exact) mass is 404 g/mol. The van der Waals surface area contributed by atoms with Gasteiger partial charge in [0.15, 0.2) is 11.5 Å². The summed E-state index contributed by atoms with van der Waals surface area (Å²) < 4.78 is 8.09. The van der Waals surface area contributed by atoms with E-state index in [1.165, 1.54) is 22.7 Å². The molecule has 154 valence electrons. The molecule has 0 unspecified atom stereocenters. The third-order valence-electron chi connectivity index (χ3n) is 5.61. The maximum absolute atomic E-state index is 9.85. The molecule has 0 amide bonds. The number of aliphatic hydroxyl groups is 1. The summed E-state index contributed by atoms with van der Waals surface area (Å²) in [5, 5.41) is 15.4. The summed E-state index contributed by atoms with van der Waals surface area (Å²) in [6.45, 7) is 2.08. The molecule has 8 heteroatoms. The van der Waals surface area contributed by atoms with E-state index < -0.39 is 0 Å². The Bertz CT molecular complexity index is 1170. The first-order chi connectivity index (χ1) is 14.8. The molecule has 0 radical (unpaired) electrons. The largest absolute Gasteiger partial charge is 0.394 e. The number of anilines is 1. The first kappa shape index (κ1) is 18.9. The van der Waals surface area contributed by atoms with E-state index in [4.69, 9.17) is 4.74 Å². The number of aromatic nitrogens is 4. The van der Waals surface area contributed by atoms with Gasteiger partial charge in [-0.05, 0) is 16.3 Å². The molecule has 4 aromatic rings. The molecule has 0 saturated carbocycles. The molecule has 2 N–H and O–H groups in total. The van der Waals surface area contributed by atoms with Gasteiger partial charge in [-0.2, -0.15) is 0 Å². The van der Waals surface area contributed by atoms with Crippen LogP contribution in [0.4, 0.5) is 5.82 Å². The van der Waals surface area contributed by atoms with Crippen LogP contribution in [0, 0.1) is 0 Å². The van der Waals surface area contributed by atoms with Gasteiger partial charge in [-0.3, -0.25) is 9.47 Å². The topological polar surface area (TPSA) is 88.3 Å². The predicted molar refractivity (Wildman–Crippen MR) is 115 cm³/mol. The minimum Gasteiger partial charge on any atom is -0.394 e. The molecular weight excluding hydrogens is 380 g/mol. The Morgan fingerprint density at radius 2 is 1.97 bits per heavy atom. The molecular formula is C22H24N6O2. The van der Waals surface area contributed by atoms with Crippen LogP contribution in [0.25, 0.3) is 21.9 Å². The number of fused-ring (bicyclic) bond motifs is 2. The Morgan fingerprint density at radius 3 is 2.83 bits per heavy atom. The zero-order valence-corrected chi connectivity index (χ0v) is 16.8. The molecule has 30 heavy (non-hydrogen) atoms. The molecule has 1 saturated heterocycles. The number of morpholine rings is 1. The third kappa shape index (κ3) is 3.39. The molecule has 5 rings (SSSR count). The summed E-state index contributed by atoms with van der Waals surface area (Å²) >= 11 is 0. The average molecular weight is 404 g/mol. The fraction of sp³-hybridized carbons (Fsp3) is 0.318. The first-order valence-electron chi connectivity index (χ1n) is 10.1. The molecule has 0 spiro atoms. The van der Waals surface area contributed by atoms with E-state index in [1.54, 1.807) is 6.33 Å². The van der Waals surface area contributed by atoms with Crippen molar-refractivity contribution in [2.75, 3.05) is 32.1 Å². The molecule has 3 heterocycles. The summed E-state index contributed by atoms with van der Waals surface area (Å²) in [5.41, 5.74) is 2.68. The highest BCUT2D eigenvalue weighted by molar-refractivity contribution is 5.85. The van der Waals surface area contributed by atoms with Crippen LogP contribution >= 0.6 is 0 Å². The van der Waals surface area contributed by atoms with Crippen molar-refractivity contribution in [2.45, 2.75) is 18.9 Å². The second-order valence-electron chi connectivity index (χ2n) is 7.52. The Morgan fingerprint density at radius 1 is 1.10 bits per heavy atom. The Kier molecular flexibility index (Phi) is 5.04. The second-order valence-corrected chi connectivity index (χ2v) is 7.52. The van der Waals surface area contributed by atoms with Crippen molar-refractivity contribution in [1.29, 1.82) is 0 Å². The number of benzene rings is 2. The van der Waals surface area contributed by atoms with Crippen LogP contribution in [-0.4, -0.2) is 62.4 Å². The van der Waals surface area contributed by atoms with Crippen molar-refractivity contribution in [2.24, 2.45) is 0 Å². The Balaban J connectivity index is 1.45. The minimum absolute atomic E-state index is 0.0358. The van der Waals surface area contributed by atoms with Crippen LogP contribution in [0.2, 0.25) is 0 Å².